The Labute approximate surface area is 138 Å². The second kappa shape index (κ2) is 10.6. The van der Waals surface area contributed by atoms with Crippen LogP contribution in [0.5, 0.6) is 5.75 Å². The third-order valence-corrected chi connectivity index (χ3v) is 4.12. The van der Waals surface area contributed by atoms with Crippen LogP contribution in [-0.2, 0) is 6.54 Å². The van der Waals surface area contributed by atoms with Crippen LogP contribution in [0.15, 0.2) is 21.1 Å². The summed E-state index contributed by atoms with van der Waals surface area (Å²) in [6, 6.07) is 4.18. The van der Waals surface area contributed by atoms with Gasteiger partial charge in [0.05, 0.1) is 15.6 Å². The van der Waals surface area contributed by atoms with E-state index in [4.69, 9.17) is 9.84 Å². The van der Waals surface area contributed by atoms with Crippen molar-refractivity contribution < 1.29 is 9.84 Å². The molecule has 0 fully saturated rings. The molecule has 0 amide bonds. The summed E-state index contributed by atoms with van der Waals surface area (Å²) in [5.74, 6) is 0.861. The summed E-state index contributed by atoms with van der Waals surface area (Å²) < 4.78 is 7.53. The molecule has 0 atom stereocenters. The monoisotopic (exact) mass is 407 g/mol. The van der Waals surface area contributed by atoms with Gasteiger partial charge in [-0.1, -0.05) is 12.8 Å². The molecule has 0 heterocycles. The Bertz CT molecular complexity index is 376. The summed E-state index contributed by atoms with van der Waals surface area (Å²) in [6.45, 7) is 4.80. The average molecular weight is 409 g/mol. The molecule has 2 N–H and O–H groups in total. The van der Waals surface area contributed by atoms with Crippen LogP contribution in [0.25, 0.3) is 0 Å². The van der Waals surface area contributed by atoms with E-state index in [1.54, 1.807) is 0 Å². The topological polar surface area (TPSA) is 41.5 Å². The van der Waals surface area contributed by atoms with E-state index in [2.05, 4.69) is 49.3 Å². The molecule has 0 unspecified atom stereocenters. The van der Waals surface area contributed by atoms with Gasteiger partial charge in [-0.15, -0.1) is 0 Å². The Morgan fingerprint density at radius 1 is 1.10 bits per heavy atom. The first-order chi connectivity index (χ1) is 9.69. The van der Waals surface area contributed by atoms with E-state index in [-0.39, 0.29) is 0 Å². The zero-order valence-electron chi connectivity index (χ0n) is 11.9. The van der Waals surface area contributed by atoms with E-state index in [0.717, 1.165) is 47.0 Å². The SMILES string of the molecule is CCOc1c(Br)cc(CNCCCCCCO)cc1Br. The van der Waals surface area contributed by atoms with Crippen molar-refractivity contribution in [1.29, 1.82) is 0 Å². The fourth-order valence-electron chi connectivity index (χ4n) is 1.94. The minimum Gasteiger partial charge on any atom is -0.492 e. The number of unbranched alkanes of at least 4 members (excludes halogenated alkanes) is 3. The van der Waals surface area contributed by atoms with Gasteiger partial charge in [-0.3, -0.25) is 0 Å². The summed E-state index contributed by atoms with van der Waals surface area (Å²) >= 11 is 7.09. The Balaban J connectivity index is 2.34. The van der Waals surface area contributed by atoms with Crippen LogP contribution >= 0.6 is 31.9 Å². The van der Waals surface area contributed by atoms with Crippen LogP contribution in [-0.4, -0.2) is 24.9 Å². The van der Waals surface area contributed by atoms with Crippen LogP contribution in [0.4, 0.5) is 0 Å². The van der Waals surface area contributed by atoms with Crippen molar-refractivity contribution in [2.45, 2.75) is 39.2 Å². The lowest BCUT2D eigenvalue weighted by atomic mass is 10.2. The lowest BCUT2D eigenvalue weighted by molar-refractivity contribution is 0.282. The number of hydrogen-bond acceptors (Lipinski definition) is 3. The summed E-state index contributed by atoms with van der Waals surface area (Å²) in [6.07, 6.45) is 4.35. The van der Waals surface area contributed by atoms with Crippen LogP contribution in [0.1, 0.15) is 38.2 Å². The molecule has 114 valence electrons. The number of ether oxygens (including phenoxy) is 1. The molecule has 3 nitrogen and oxygen atoms in total. The largest absolute Gasteiger partial charge is 0.492 e. The van der Waals surface area contributed by atoms with Gasteiger partial charge in [0.2, 0.25) is 0 Å². The normalized spacial score (nSPS) is 10.8. The van der Waals surface area contributed by atoms with Crippen molar-refractivity contribution in [3.05, 3.63) is 26.6 Å². The third-order valence-electron chi connectivity index (χ3n) is 2.94. The molecule has 0 aromatic heterocycles. The van der Waals surface area contributed by atoms with Crippen molar-refractivity contribution in [2.24, 2.45) is 0 Å². The third kappa shape index (κ3) is 6.57. The highest BCUT2D eigenvalue weighted by Crippen LogP contribution is 2.34. The number of nitrogens with one attached hydrogen (secondary N) is 1. The Hall–Kier alpha value is -0.100. The van der Waals surface area contributed by atoms with Gasteiger partial charge in [-0.05, 0) is 75.9 Å². The molecule has 1 aromatic carbocycles. The molecular weight excluding hydrogens is 386 g/mol. The molecule has 0 saturated carbocycles. The Kier molecular flexibility index (Phi) is 9.52. The van der Waals surface area contributed by atoms with Crippen molar-refractivity contribution in [2.75, 3.05) is 19.8 Å². The van der Waals surface area contributed by atoms with Crippen LogP contribution < -0.4 is 10.1 Å². The van der Waals surface area contributed by atoms with Gasteiger partial charge in [0.1, 0.15) is 5.75 Å². The first kappa shape index (κ1) is 18.0. The van der Waals surface area contributed by atoms with Crippen molar-refractivity contribution in [3.63, 3.8) is 0 Å². The standard InChI is InChI=1S/C15H23Br2NO2/c1-2-20-15-13(16)9-12(10-14(15)17)11-18-7-5-3-4-6-8-19/h9-10,18-19H,2-8,11H2,1H3. The maximum Gasteiger partial charge on any atom is 0.147 e. The van der Waals surface area contributed by atoms with Crippen LogP contribution in [0.3, 0.4) is 0 Å². The molecule has 5 heteroatoms. The predicted molar refractivity (Wildman–Crippen MR) is 90.3 cm³/mol. The minimum absolute atomic E-state index is 0.307. The lowest BCUT2D eigenvalue weighted by Gasteiger charge is -2.11. The minimum atomic E-state index is 0.307. The highest BCUT2D eigenvalue weighted by atomic mass is 79.9. The van der Waals surface area contributed by atoms with Gasteiger partial charge in [-0.25, -0.2) is 0 Å². The highest BCUT2D eigenvalue weighted by Gasteiger charge is 2.08. The van der Waals surface area contributed by atoms with Crippen molar-refractivity contribution in [3.8, 4) is 5.75 Å². The van der Waals surface area contributed by atoms with Gasteiger partial charge in [0, 0.05) is 13.2 Å². The predicted octanol–water partition coefficient (Wildman–Crippen LogP) is 4.25. The maximum atomic E-state index is 8.70. The summed E-state index contributed by atoms with van der Waals surface area (Å²) in [5, 5.41) is 12.1. The van der Waals surface area contributed by atoms with Gasteiger partial charge >= 0.3 is 0 Å². The molecule has 1 rings (SSSR count). The Morgan fingerprint density at radius 2 is 1.75 bits per heavy atom. The van der Waals surface area contributed by atoms with Gasteiger partial charge in [0.25, 0.3) is 0 Å². The molecule has 0 bridgehead atoms. The van der Waals surface area contributed by atoms with E-state index in [1.807, 2.05) is 6.92 Å². The molecule has 0 saturated heterocycles. The number of aliphatic hydroxyl groups excluding tert-OH is 1. The summed E-state index contributed by atoms with van der Waals surface area (Å²) in [5.41, 5.74) is 1.22. The maximum absolute atomic E-state index is 8.70. The molecule has 0 aliphatic heterocycles. The van der Waals surface area contributed by atoms with Gasteiger partial charge in [-0.2, -0.15) is 0 Å². The first-order valence-corrected chi connectivity index (χ1v) is 8.70. The molecular formula is C15H23Br2NO2. The van der Waals surface area contributed by atoms with E-state index in [0.29, 0.717) is 13.2 Å². The lowest BCUT2D eigenvalue weighted by Crippen LogP contribution is -2.14. The fraction of sp³-hybridized carbons (Fsp3) is 0.600. The van der Waals surface area contributed by atoms with Crippen LogP contribution in [0, 0.1) is 0 Å². The molecule has 20 heavy (non-hydrogen) atoms. The second-order valence-electron chi connectivity index (χ2n) is 4.64. The van der Waals surface area contributed by atoms with Gasteiger partial charge in [0.15, 0.2) is 0 Å². The quantitative estimate of drug-likeness (QED) is 0.568. The number of aliphatic hydroxyl groups is 1. The number of hydrogen-bond donors (Lipinski definition) is 2. The number of benzene rings is 1. The fourth-order valence-corrected chi connectivity index (χ4v) is 3.45. The average Bonchev–Trinajstić information content (AvgIpc) is 2.42. The zero-order valence-corrected chi connectivity index (χ0v) is 15.1. The second-order valence-corrected chi connectivity index (χ2v) is 6.34. The first-order valence-electron chi connectivity index (χ1n) is 7.11. The van der Waals surface area contributed by atoms with E-state index >= 15 is 0 Å². The highest BCUT2D eigenvalue weighted by molar-refractivity contribution is 9.11. The molecule has 0 aliphatic rings. The number of halogens is 2. The molecule has 0 radical (unpaired) electrons. The smallest absolute Gasteiger partial charge is 0.147 e. The summed E-state index contributed by atoms with van der Waals surface area (Å²) in [4.78, 5) is 0. The van der Waals surface area contributed by atoms with Crippen molar-refractivity contribution in [1.82, 2.24) is 5.32 Å². The number of rotatable bonds is 10. The van der Waals surface area contributed by atoms with E-state index in [1.165, 1.54) is 12.0 Å². The molecule has 0 spiro atoms. The summed E-state index contributed by atoms with van der Waals surface area (Å²) in [7, 11) is 0. The van der Waals surface area contributed by atoms with E-state index in [9.17, 15) is 0 Å². The molecule has 1 aromatic rings. The van der Waals surface area contributed by atoms with E-state index < -0.39 is 0 Å². The molecule has 0 aliphatic carbocycles. The van der Waals surface area contributed by atoms with Crippen LogP contribution in [0.2, 0.25) is 0 Å². The zero-order chi connectivity index (χ0) is 14.8. The van der Waals surface area contributed by atoms with Gasteiger partial charge < -0.3 is 15.2 Å². The van der Waals surface area contributed by atoms with Crippen molar-refractivity contribution >= 4 is 31.9 Å². The Morgan fingerprint density at radius 3 is 2.35 bits per heavy atom.